The average molecular weight is 327 g/mol. The minimum Gasteiger partial charge on any atom is -0.504 e. The van der Waals surface area contributed by atoms with E-state index in [9.17, 15) is 24.8 Å². The first-order valence-electron chi connectivity index (χ1n) is 6.63. The normalized spacial score (nSPS) is 10.5. The van der Waals surface area contributed by atoms with E-state index in [0.29, 0.717) is 11.0 Å². The summed E-state index contributed by atoms with van der Waals surface area (Å²) < 4.78 is 5.04. The molecule has 0 atom stereocenters. The third kappa shape index (κ3) is 2.77. The molecule has 2 N–H and O–H groups in total. The minimum atomic E-state index is -0.855. The fourth-order valence-electron chi connectivity index (χ4n) is 2.03. The zero-order chi connectivity index (χ0) is 17.3. The molecule has 120 valence electrons. The zero-order valence-corrected chi connectivity index (χ0v) is 11.9. The van der Waals surface area contributed by atoms with Crippen molar-refractivity contribution < 1.29 is 19.2 Å². The molecule has 0 saturated heterocycles. The number of rotatable bonds is 3. The van der Waals surface area contributed by atoms with Crippen LogP contribution in [0.15, 0.2) is 51.8 Å². The van der Waals surface area contributed by atoms with E-state index >= 15 is 0 Å². The molecule has 2 aromatic heterocycles. The third-order valence-electron chi connectivity index (χ3n) is 3.18. The van der Waals surface area contributed by atoms with Gasteiger partial charge in [0.1, 0.15) is 17.3 Å². The lowest BCUT2D eigenvalue weighted by Gasteiger charge is -2.06. The molecule has 3 rings (SSSR count). The van der Waals surface area contributed by atoms with Crippen LogP contribution in [0.25, 0.3) is 11.0 Å². The van der Waals surface area contributed by atoms with Gasteiger partial charge >= 0.3 is 5.63 Å². The number of aromatic hydroxyl groups is 1. The molecule has 9 nitrogen and oxygen atoms in total. The maximum atomic E-state index is 12.2. The van der Waals surface area contributed by atoms with Crippen LogP contribution in [0.4, 0.5) is 11.5 Å². The Kier molecular flexibility index (Phi) is 3.66. The number of hydrogen-bond donors (Lipinski definition) is 2. The molecule has 1 amide bonds. The molecule has 0 aliphatic carbocycles. The van der Waals surface area contributed by atoms with Gasteiger partial charge in [-0.1, -0.05) is 18.2 Å². The van der Waals surface area contributed by atoms with Crippen LogP contribution >= 0.6 is 0 Å². The van der Waals surface area contributed by atoms with E-state index in [2.05, 4.69) is 10.3 Å². The summed E-state index contributed by atoms with van der Waals surface area (Å²) in [6.07, 6.45) is 0.873. The molecule has 0 aliphatic rings. The molecule has 0 spiro atoms. The van der Waals surface area contributed by atoms with Crippen LogP contribution in [0.2, 0.25) is 0 Å². The number of carbonyl (C=O) groups excluding carboxylic acids is 1. The highest BCUT2D eigenvalue weighted by atomic mass is 16.6. The van der Waals surface area contributed by atoms with Gasteiger partial charge in [0.25, 0.3) is 11.6 Å². The maximum Gasteiger partial charge on any atom is 0.349 e. The molecule has 0 bridgehead atoms. The van der Waals surface area contributed by atoms with Crippen molar-refractivity contribution in [2.24, 2.45) is 0 Å². The van der Waals surface area contributed by atoms with Crippen LogP contribution in [0.5, 0.6) is 5.75 Å². The van der Waals surface area contributed by atoms with Crippen molar-refractivity contribution in [2.75, 3.05) is 5.32 Å². The molecule has 0 unspecified atom stereocenters. The number of carbonyl (C=O) groups is 1. The number of nitrogens with zero attached hydrogens (tertiary/aromatic N) is 2. The largest absolute Gasteiger partial charge is 0.504 e. The molecular formula is C15H9N3O6. The van der Waals surface area contributed by atoms with Crippen LogP contribution < -0.4 is 10.9 Å². The highest BCUT2D eigenvalue weighted by Crippen LogP contribution is 2.25. The minimum absolute atomic E-state index is 0.284. The maximum absolute atomic E-state index is 12.2. The number of aromatic nitrogens is 1. The van der Waals surface area contributed by atoms with E-state index in [1.54, 1.807) is 24.3 Å². The summed E-state index contributed by atoms with van der Waals surface area (Å²) in [4.78, 5) is 37.5. The second-order valence-electron chi connectivity index (χ2n) is 4.76. The molecule has 0 radical (unpaired) electrons. The van der Waals surface area contributed by atoms with Crippen LogP contribution in [-0.2, 0) is 0 Å². The predicted molar refractivity (Wildman–Crippen MR) is 83.0 cm³/mol. The lowest BCUT2D eigenvalue weighted by atomic mass is 10.2. The molecule has 0 aliphatic heterocycles. The molecule has 0 fully saturated rings. The first-order chi connectivity index (χ1) is 11.5. The van der Waals surface area contributed by atoms with Crippen molar-refractivity contribution in [3.05, 3.63) is 68.7 Å². The van der Waals surface area contributed by atoms with Crippen LogP contribution in [0, 0.1) is 10.1 Å². The Morgan fingerprint density at radius 2 is 2.04 bits per heavy atom. The lowest BCUT2D eigenvalue weighted by Crippen LogP contribution is -2.21. The number of nitro groups is 1. The number of pyridine rings is 1. The van der Waals surface area contributed by atoms with Gasteiger partial charge in [0, 0.05) is 5.39 Å². The van der Waals surface area contributed by atoms with E-state index < -0.39 is 27.9 Å². The van der Waals surface area contributed by atoms with Crippen molar-refractivity contribution in [3.63, 3.8) is 0 Å². The Bertz CT molecular complexity index is 1030. The summed E-state index contributed by atoms with van der Waals surface area (Å²) in [6, 6.07) is 8.83. The van der Waals surface area contributed by atoms with Crippen LogP contribution in [0.1, 0.15) is 10.4 Å². The quantitative estimate of drug-likeness (QED) is 0.427. The zero-order valence-electron chi connectivity index (χ0n) is 11.9. The van der Waals surface area contributed by atoms with Crippen molar-refractivity contribution in [1.29, 1.82) is 0 Å². The fraction of sp³-hybridized carbons (Fsp3) is 0. The second-order valence-corrected chi connectivity index (χ2v) is 4.76. The summed E-state index contributed by atoms with van der Waals surface area (Å²) in [7, 11) is 0. The third-order valence-corrected chi connectivity index (χ3v) is 3.18. The molecule has 2 heterocycles. The molecular weight excluding hydrogens is 318 g/mol. The molecule has 24 heavy (non-hydrogen) atoms. The van der Waals surface area contributed by atoms with Crippen molar-refractivity contribution >= 4 is 28.4 Å². The smallest absolute Gasteiger partial charge is 0.349 e. The summed E-state index contributed by atoms with van der Waals surface area (Å²) in [5, 5.41) is 23.0. The Morgan fingerprint density at radius 3 is 2.75 bits per heavy atom. The molecule has 1 aromatic carbocycles. The fourth-order valence-corrected chi connectivity index (χ4v) is 2.03. The van der Waals surface area contributed by atoms with Crippen molar-refractivity contribution in [2.45, 2.75) is 0 Å². The first kappa shape index (κ1) is 15.2. The summed E-state index contributed by atoms with van der Waals surface area (Å²) in [6.45, 7) is 0. The highest BCUT2D eigenvalue weighted by molar-refractivity contribution is 6.05. The number of nitrogens with one attached hydrogen (secondary N) is 1. The Hall–Kier alpha value is -3.75. The standard InChI is InChI=1S/C15H9N3O6/c19-11-6-9(18(22)23)7-16-13(11)17-14(20)10-5-8-3-1-2-4-12(8)24-15(10)21/h1-7,19H,(H,16,17,20). The van der Waals surface area contributed by atoms with Gasteiger partial charge in [0.15, 0.2) is 11.6 Å². The van der Waals surface area contributed by atoms with Gasteiger partial charge in [-0.05, 0) is 12.1 Å². The van der Waals surface area contributed by atoms with Gasteiger partial charge in [-0.2, -0.15) is 0 Å². The van der Waals surface area contributed by atoms with Crippen molar-refractivity contribution in [3.8, 4) is 5.75 Å². The lowest BCUT2D eigenvalue weighted by molar-refractivity contribution is -0.385. The molecule has 3 aromatic rings. The number of para-hydroxylation sites is 1. The van der Waals surface area contributed by atoms with Crippen molar-refractivity contribution in [1.82, 2.24) is 4.98 Å². The van der Waals surface area contributed by atoms with E-state index in [1.165, 1.54) is 6.07 Å². The molecule has 9 heteroatoms. The topological polar surface area (TPSA) is 136 Å². The van der Waals surface area contributed by atoms with Gasteiger partial charge in [-0.25, -0.2) is 9.78 Å². The molecule has 0 saturated carbocycles. The Labute approximate surface area is 133 Å². The summed E-state index contributed by atoms with van der Waals surface area (Å²) in [5.41, 5.74) is -1.24. The summed E-state index contributed by atoms with van der Waals surface area (Å²) >= 11 is 0. The Morgan fingerprint density at radius 1 is 1.29 bits per heavy atom. The predicted octanol–water partition coefficient (Wildman–Crippen LogP) is 2.05. The van der Waals surface area contributed by atoms with Gasteiger partial charge in [0.2, 0.25) is 0 Å². The van der Waals surface area contributed by atoms with E-state index in [0.717, 1.165) is 12.3 Å². The van der Waals surface area contributed by atoms with E-state index in [4.69, 9.17) is 4.42 Å². The van der Waals surface area contributed by atoms with Gasteiger partial charge in [0.05, 0.1) is 11.0 Å². The van der Waals surface area contributed by atoms with Gasteiger partial charge in [-0.15, -0.1) is 0 Å². The second kappa shape index (κ2) is 5.80. The monoisotopic (exact) mass is 327 g/mol. The van der Waals surface area contributed by atoms with Gasteiger partial charge in [-0.3, -0.25) is 14.9 Å². The van der Waals surface area contributed by atoms with E-state index in [-0.39, 0.29) is 11.4 Å². The average Bonchev–Trinajstić information content (AvgIpc) is 2.55. The summed E-state index contributed by atoms with van der Waals surface area (Å²) in [5.74, 6) is -1.76. The number of benzene rings is 1. The number of hydrogen-bond acceptors (Lipinski definition) is 7. The first-order valence-corrected chi connectivity index (χ1v) is 6.63. The van der Waals surface area contributed by atoms with E-state index in [1.807, 2.05) is 0 Å². The number of fused-ring (bicyclic) bond motifs is 1. The number of anilines is 1. The van der Waals surface area contributed by atoms with Crippen LogP contribution in [0.3, 0.4) is 0 Å². The highest BCUT2D eigenvalue weighted by Gasteiger charge is 2.18. The Balaban J connectivity index is 1.94. The van der Waals surface area contributed by atoms with Gasteiger partial charge < -0.3 is 14.8 Å². The van der Waals surface area contributed by atoms with Crippen LogP contribution in [-0.4, -0.2) is 20.9 Å². The number of amides is 1. The SMILES string of the molecule is O=C(Nc1ncc([N+](=O)[O-])cc1O)c1cc2ccccc2oc1=O.